The van der Waals surface area contributed by atoms with Crippen LogP contribution in [0.1, 0.15) is 84.5 Å². The highest BCUT2D eigenvalue weighted by Crippen LogP contribution is 2.10. The maximum Gasteiger partial charge on any atom is 0.236 e. The first-order chi connectivity index (χ1) is 10.6. The number of nitrogens with two attached hydrogens (primary N) is 1. The monoisotopic (exact) mass is 311 g/mol. The van der Waals surface area contributed by atoms with Crippen LogP contribution in [0, 0.1) is 5.92 Å². The fourth-order valence-corrected chi connectivity index (χ4v) is 2.52. The van der Waals surface area contributed by atoms with Crippen molar-refractivity contribution in [1.29, 1.82) is 0 Å². The average Bonchev–Trinajstić information content (AvgIpc) is 2.47. The second-order valence-corrected chi connectivity index (χ2v) is 6.60. The minimum absolute atomic E-state index is 0.0127. The molecule has 0 aromatic rings. The minimum atomic E-state index is -0.364. The zero-order valence-corrected chi connectivity index (χ0v) is 14.5. The number of rotatable bonds is 15. The molecule has 0 fully saturated rings. The Balaban J connectivity index is 3.26. The van der Waals surface area contributed by atoms with Crippen molar-refractivity contribution in [3.05, 3.63) is 0 Å². The van der Waals surface area contributed by atoms with E-state index in [4.69, 9.17) is 5.73 Å². The SMILES string of the molecule is CC(C)C[C@@H](N)C(=O)NCCCCCCCCCCC[C]=O. The molecule has 0 bridgehead atoms. The molecule has 22 heavy (non-hydrogen) atoms. The molecule has 129 valence electrons. The Hall–Kier alpha value is -0.900. The molecule has 4 heteroatoms. The highest BCUT2D eigenvalue weighted by molar-refractivity contribution is 5.81. The van der Waals surface area contributed by atoms with Gasteiger partial charge in [0.05, 0.1) is 6.04 Å². The maximum atomic E-state index is 11.7. The summed E-state index contributed by atoms with van der Waals surface area (Å²) in [4.78, 5) is 21.7. The van der Waals surface area contributed by atoms with Crippen LogP contribution in [-0.2, 0) is 9.59 Å². The standard InChI is InChI=1S/C18H35N2O2/c1-16(2)15-17(19)18(22)20-13-11-9-7-5-3-4-6-8-10-12-14-21/h16-17H,3-13,15,19H2,1-2H3,(H,20,22)/t17-/m1/s1. The lowest BCUT2D eigenvalue weighted by Crippen LogP contribution is -2.41. The third-order valence-electron chi connectivity index (χ3n) is 3.82. The Kier molecular flexibility index (Phi) is 14.4. The summed E-state index contributed by atoms with van der Waals surface area (Å²) < 4.78 is 0. The molecule has 1 radical (unpaired) electrons. The van der Waals surface area contributed by atoms with E-state index >= 15 is 0 Å². The topological polar surface area (TPSA) is 72.2 Å². The number of unbranched alkanes of at least 4 members (excludes halogenated alkanes) is 9. The van der Waals surface area contributed by atoms with Crippen LogP contribution in [0.2, 0.25) is 0 Å². The fraction of sp³-hybridized carbons (Fsp3) is 0.889. The predicted molar refractivity (Wildman–Crippen MR) is 92.3 cm³/mol. The van der Waals surface area contributed by atoms with Crippen molar-refractivity contribution in [3.8, 4) is 0 Å². The van der Waals surface area contributed by atoms with Crippen molar-refractivity contribution in [2.24, 2.45) is 11.7 Å². The number of carbonyl (C=O) groups excluding carboxylic acids is 2. The van der Waals surface area contributed by atoms with Gasteiger partial charge in [-0.25, -0.2) is 0 Å². The van der Waals surface area contributed by atoms with Gasteiger partial charge in [-0.3, -0.25) is 9.59 Å². The lowest BCUT2D eigenvalue weighted by Gasteiger charge is -2.14. The Morgan fingerprint density at radius 2 is 1.45 bits per heavy atom. The summed E-state index contributed by atoms with van der Waals surface area (Å²) in [6, 6.07) is -0.364. The molecular weight excluding hydrogens is 276 g/mol. The van der Waals surface area contributed by atoms with Gasteiger partial charge in [0.2, 0.25) is 5.91 Å². The molecule has 0 aromatic heterocycles. The molecule has 0 saturated carbocycles. The fourth-order valence-electron chi connectivity index (χ4n) is 2.52. The molecule has 1 atom stereocenters. The highest BCUT2D eigenvalue weighted by Gasteiger charge is 2.13. The molecule has 0 aliphatic rings. The number of hydrogen-bond donors (Lipinski definition) is 2. The maximum absolute atomic E-state index is 11.7. The predicted octanol–water partition coefficient (Wildman–Crippen LogP) is 3.49. The van der Waals surface area contributed by atoms with E-state index < -0.39 is 0 Å². The largest absolute Gasteiger partial charge is 0.355 e. The first-order valence-corrected chi connectivity index (χ1v) is 8.96. The first kappa shape index (κ1) is 21.1. The van der Waals surface area contributed by atoms with Gasteiger partial charge in [-0.05, 0) is 25.2 Å². The van der Waals surface area contributed by atoms with Crippen LogP contribution < -0.4 is 11.1 Å². The van der Waals surface area contributed by atoms with E-state index in [1.807, 2.05) is 6.29 Å². The Morgan fingerprint density at radius 1 is 0.955 bits per heavy atom. The van der Waals surface area contributed by atoms with Crippen molar-refractivity contribution >= 4 is 12.2 Å². The van der Waals surface area contributed by atoms with Gasteiger partial charge in [-0.15, -0.1) is 0 Å². The number of carbonyl (C=O) groups is 1. The first-order valence-electron chi connectivity index (χ1n) is 8.96. The van der Waals surface area contributed by atoms with Crippen LogP contribution in [0.4, 0.5) is 0 Å². The van der Waals surface area contributed by atoms with Crippen LogP contribution in [0.5, 0.6) is 0 Å². The molecule has 0 heterocycles. The van der Waals surface area contributed by atoms with Crippen molar-refractivity contribution in [2.45, 2.75) is 90.5 Å². The van der Waals surface area contributed by atoms with E-state index in [1.165, 1.54) is 38.5 Å². The quantitative estimate of drug-likeness (QED) is 0.455. The van der Waals surface area contributed by atoms with E-state index in [0.717, 1.165) is 32.2 Å². The molecule has 0 aliphatic carbocycles. The van der Waals surface area contributed by atoms with Gasteiger partial charge in [-0.1, -0.05) is 58.8 Å². The molecule has 0 rings (SSSR count). The van der Waals surface area contributed by atoms with Gasteiger partial charge in [0.1, 0.15) is 0 Å². The Morgan fingerprint density at radius 3 is 1.95 bits per heavy atom. The van der Waals surface area contributed by atoms with E-state index in [1.54, 1.807) is 0 Å². The van der Waals surface area contributed by atoms with Crippen molar-refractivity contribution in [2.75, 3.05) is 6.54 Å². The molecule has 0 spiro atoms. The van der Waals surface area contributed by atoms with E-state index in [2.05, 4.69) is 19.2 Å². The third kappa shape index (κ3) is 14.1. The van der Waals surface area contributed by atoms with Gasteiger partial charge in [0, 0.05) is 13.0 Å². The van der Waals surface area contributed by atoms with Gasteiger partial charge in [0.15, 0.2) is 6.29 Å². The summed E-state index contributed by atoms with van der Waals surface area (Å²) in [7, 11) is 0. The molecule has 4 nitrogen and oxygen atoms in total. The minimum Gasteiger partial charge on any atom is -0.355 e. The lowest BCUT2D eigenvalue weighted by molar-refractivity contribution is -0.122. The number of nitrogens with one attached hydrogen (secondary N) is 1. The Labute approximate surface area is 136 Å². The van der Waals surface area contributed by atoms with Crippen LogP contribution >= 0.6 is 0 Å². The number of hydrogen-bond acceptors (Lipinski definition) is 3. The van der Waals surface area contributed by atoms with Crippen LogP contribution in [0.25, 0.3) is 0 Å². The third-order valence-corrected chi connectivity index (χ3v) is 3.82. The zero-order valence-electron chi connectivity index (χ0n) is 14.5. The summed E-state index contributed by atoms with van der Waals surface area (Å²) in [5.41, 5.74) is 5.82. The van der Waals surface area contributed by atoms with Gasteiger partial charge in [-0.2, -0.15) is 0 Å². The summed E-state index contributed by atoms with van der Waals surface area (Å²) in [6.45, 7) is 4.90. The van der Waals surface area contributed by atoms with Crippen LogP contribution in [0.3, 0.4) is 0 Å². The molecule has 0 aliphatic heterocycles. The van der Waals surface area contributed by atoms with Crippen LogP contribution in [-0.4, -0.2) is 24.8 Å². The van der Waals surface area contributed by atoms with Crippen molar-refractivity contribution in [3.63, 3.8) is 0 Å². The zero-order chi connectivity index (χ0) is 16.6. The molecular formula is C18H35N2O2. The van der Waals surface area contributed by atoms with Crippen molar-refractivity contribution < 1.29 is 9.59 Å². The summed E-state index contributed by atoms with van der Waals surface area (Å²) >= 11 is 0. The molecule has 0 saturated heterocycles. The highest BCUT2D eigenvalue weighted by atomic mass is 16.2. The van der Waals surface area contributed by atoms with Crippen molar-refractivity contribution in [1.82, 2.24) is 5.32 Å². The second kappa shape index (κ2) is 15.0. The number of amides is 1. The molecule has 3 N–H and O–H groups in total. The molecule has 1 amide bonds. The lowest BCUT2D eigenvalue weighted by atomic mass is 10.0. The van der Waals surface area contributed by atoms with Gasteiger partial charge >= 0.3 is 0 Å². The van der Waals surface area contributed by atoms with E-state index in [0.29, 0.717) is 12.3 Å². The van der Waals surface area contributed by atoms with E-state index in [9.17, 15) is 9.59 Å². The summed E-state index contributed by atoms with van der Waals surface area (Å²) in [6.07, 6.45) is 13.9. The summed E-state index contributed by atoms with van der Waals surface area (Å²) in [5, 5.41) is 2.92. The smallest absolute Gasteiger partial charge is 0.236 e. The Bertz CT molecular complexity index is 280. The van der Waals surface area contributed by atoms with Crippen LogP contribution in [0.15, 0.2) is 0 Å². The molecule has 0 unspecified atom stereocenters. The van der Waals surface area contributed by atoms with Gasteiger partial charge < -0.3 is 11.1 Å². The average molecular weight is 311 g/mol. The second-order valence-electron chi connectivity index (χ2n) is 6.60. The normalized spacial score (nSPS) is 12.4. The summed E-state index contributed by atoms with van der Waals surface area (Å²) in [5.74, 6) is 0.443. The molecule has 0 aromatic carbocycles. The van der Waals surface area contributed by atoms with Gasteiger partial charge in [0.25, 0.3) is 0 Å². The van der Waals surface area contributed by atoms with E-state index in [-0.39, 0.29) is 11.9 Å².